The standard InChI is InChI=1S/C28H44N2O8/c1-3-5-7-9-11-13-15-37-23-18-24(38-16-14-12-10-8-6-4-2)22(28(36)30-20-26(33)34)17-21(23)27(35)29-19-25(31)32/h17-18H,3-16,19-20H2,1-2H3,(H,29,35)(H,30,36)(H,31,32)(H,33,34). The minimum Gasteiger partial charge on any atom is -0.493 e. The van der Waals surface area contributed by atoms with Crippen molar-refractivity contribution in [1.29, 1.82) is 0 Å². The molecule has 0 aliphatic rings. The number of hydrogen-bond donors (Lipinski definition) is 4. The number of benzene rings is 1. The van der Waals surface area contributed by atoms with Crippen molar-refractivity contribution < 1.29 is 38.9 Å². The zero-order chi connectivity index (χ0) is 28.2. The Hall–Kier alpha value is -3.30. The number of carbonyl (C=O) groups is 4. The van der Waals surface area contributed by atoms with Crippen molar-refractivity contribution in [3.8, 4) is 11.5 Å². The maximum absolute atomic E-state index is 12.8. The molecule has 0 spiro atoms. The molecule has 0 radical (unpaired) electrons. The van der Waals surface area contributed by atoms with Crippen molar-refractivity contribution in [3.05, 3.63) is 23.3 Å². The summed E-state index contributed by atoms with van der Waals surface area (Å²) in [5, 5.41) is 22.5. The molecule has 0 bridgehead atoms. The van der Waals surface area contributed by atoms with E-state index in [0.29, 0.717) is 13.2 Å². The molecule has 0 atom stereocenters. The number of aliphatic carboxylic acids is 2. The van der Waals surface area contributed by atoms with Crippen LogP contribution in [0.4, 0.5) is 0 Å². The largest absolute Gasteiger partial charge is 0.493 e. The molecule has 0 unspecified atom stereocenters. The molecule has 0 saturated heterocycles. The maximum Gasteiger partial charge on any atom is 0.322 e. The maximum atomic E-state index is 12.8. The first kappa shape index (κ1) is 32.7. The summed E-state index contributed by atoms with van der Waals surface area (Å²) in [5.41, 5.74) is -0.0470. The first-order chi connectivity index (χ1) is 18.3. The lowest BCUT2D eigenvalue weighted by Crippen LogP contribution is -2.31. The Balaban J connectivity index is 3.11. The second-order valence-corrected chi connectivity index (χ2v) is 9.23. The topological polar surface area (TPSA) is 151 Å². The van der Waals surface area contributed by atoms with Gasteiger partial charge in [-0.3, -0.25) is 19.2 Å². The highest BCUT2D eigenvalue weighted by Gasteiger charge is 2.22. The summed E-state index contributed by atoms with van der Waals surface area (Å²) < 4.78 is 11.8. The Morgan fingerprint density at radius 1 is 0.605 bits per heavy atom. The number of hydrogen-bond acceptors (Lipinski definition) is 6. The van der Waals surface area contributed by atoms with Crippen LogP contribution >= 0.6 is 0 Å². The smallest absolute Gasteiger partial charge is 0.322 e. The number of rotatable bonds is 22. The summed E-state index contributed by atoms with van der Waals surface area (Å²) in [5.74, 6) is -3.53. The van der Waals surface area contributed by atoms with Crippen molar-refractivity contribution in [3.63, 3.8) is 0 Å². The molecule has 1 aromatic carbocycles. The Morgan fingerprint density at radius 2 is 0.974 bits per heavy atom. The van der Waals surface area contributed by atoms with Crippen LogP contribution in [0.3, 0.4) is 0 Å². The molecule has 0 aromatic heterocycles. The first-order valence-electron chi connectivity index (χ1n) is 13.7. The van der Waals surface area contributed by atoms with Gasteiger partial charge >= 0.3 is 11.9 Å². The van der Waals surface area contributed by atoms with E-state index in [9.17, 15) is 19.2 Å². The Labute approximate surface area is 225 Å². The number of amides is 2. The molecule has 1 rings (SSSR count). The summed E-state index contributed by atoms with van der Waals surface area (Å²) in [6.45, 7) is 3.77. The molecule has 1 aromatic rings. The lowest BCUT2D eigenvalue weighted by Gasteiger charge is -2.17. The molecule has 0 fully saturated rings. The van der Waals surface area contributed by atoms with E-state index < -0.39 is 36.8 Å². The highest BCUT2D eigenvalue weighted by Crippen LogP contribution is 2.30. The van der Waals surface area contributed by atoms with Gasteiger partial charge in [0.15, 0.2) is 0 Å². The van der Waals surface area contributed by atoms with Gasteiger partial charge in [0.1, 0.15) is 24.6 Å². The Kier molecular flexibility index (Phi) is 17.0. The predicted molar refractivity (Wildman–Crippen MR) is 144 cm³/mol. The van der Waals surface area contributed by atoms with Crippen LogP contribution in [0.2, 0.25) is 0 Å². The van der Waals surface area contributed by atoms with Gasteiger partial charge in [-0.15, -0.1) is 0 Å². The lowest BCUT2D eigenvalue weighted by molar-refractivity contribution is -0.136. The van der Waals surface area contributed by atoms with Crippen LogP contribution in [0.15, 0.2) is 12.1 Å². The Bertz CT molecular complexity index is 821. The molecule has 214 valence electrons. The molecular formula is C28H44N2O8. The fraction of sp³-hybridized carbons (Fsp3) is 0.643. The molecule has 4 N–H and O–H groups in total. The van der Waals surface area contributed by atoms with Crippen molar-refractivity contribution in [2.24, 2.45) is 0 Å². The molecule has 0 aliphatic carbocycles. The van der Waals surface area contributed by atoms with Crippen LogP contribution in [0.25, 0.3) is 0 Å². The fourth-order valence-electron chi connectivity index (χ4n) is 3.79. The molecular weight excluding hydrogens is 492 g/mol. The minimum absolute atomic E-state index is 0.0235. The fourth-order valence-corrected chi connectivity index (χ4v) is 3.79. The van der Waals surface area contributed by atoms with Gasteiger partial charge in [-0.2, -0.15) is 0 Å². The monoisotopic (exact) mass is 536 g/mol. The van der Waals surface area contributed by atoms with Crippen molar-refractivity contribution >= 4 is 23.8 Å². The van der Waals surface area contributed by atoms with E-state index in [2.05, 4.69) is 24.5 Å². The molecule has 10 heteroatoms. The van der Waals surface area contributed by atoms with Crippen LogP contribution in [0.5, 0.6) is 11.5 Å². The van der Waals surface area contributed by atoms with Gasteiger partial charge in [0.2, 0.25) is 0 Å². The number of nitrogens with one attached hydrogen (secondary N) is 2. The second kappa shape index (κ2) is 19.8. The van der Waals surface area contributed by atoms with Gasteiger partial charge in [0.05, 0.1) is 24.3 Å². The molecule has 0 aliphatic heterocycles. The van der Waals surface area contributed by atoms with Crippen LogP contribution in [0.1, 0.15) is 112 Å². The van der Waals surface area contributed by atoms with Crippen molar-refractivity contribution in [2.45, 2.75) is 90.9 Å². The SMILES string of the molecule is CCCCCCCCOc1cc(OCCCCCCCC)c(C(=O)NCC(=O)O)cc1C(=O)NCC(=O)O. The van der Waals surface area contributed by atoms with Crippen molar-refractivity contribution in [1.82, 2.24) is 10.6 Å². The second-order valence-electron chi connectivity index (χ2n) is 9.23. The molecule has 0 saturated carbocycles. The summed E-state index contributed by atoms with van der Waals surface area (Å²) >= 11 is 0. The molecule has 38 heavy (non-hydrogen) atoms. The van der Waals surface area contributed by atoms with Gasteiger partial charge in [0, 0.05) is 6.07 Å². The summed E-state index contributed by atoms with van der Waals surface area (Å²) in [4.78, 5) is 47.5. The molecule has 2 amide bonds. The predicted octanol–water partition coefficient (Wildman–Crippen LogP) is 4.79. The van der Waals surface area contributed by atoms with Gasteiger partial charge in [0.25, 0.3) is 11.8 Å². The van der Waals surface area contributed by atoms with Gasteiger partial charge in [-0.1, -0.05) is 78.1 Å². The Morgan fingerprint density at radius 3 is 1.34 bits per heavy atom. The van der Waals surface area contributed by atoms with Crippen LogP contribution < -0.4 is 20.1 Å². The van der Waals surface area contributed by atoms with Gasteiger partial charge in [-0.05, 0) is 18.9 Å². The zero-order valence-electron chi connectivity index (χ0n) is 22.8. The van der Waals surface area contributed by atoms with E-state index in [1.807, 2.05) is 0 Å². The van der Waals surface area contributed by atoms with E-state index in [-0.39, 0.29) is 22.6 Å². The lowest BCUT2D eigenvalue weighted by atomic mass is 10.1. The molecule has 0 heterocycles. The van der Waals surface area contributed by atoms with Crippen molar-refractivity contribution in [2.75, 3.05) is 26.3 Å². The van der Waals surface area contributed by atoms with E-state index in [4.69, 9.17) is 19.7 Å². The number of carboxylic acid groups (broad SMARTS) is 2. The summed E-state index contributed by atoms with van der Waals surface area (Å²) in [7, 11) is 0. The summed E-state index contributed by atoms with van der Waals surface area (Å²) in [6.07, 6.45) is 12.6. The van der Waals surface area contributed by atoms with E-state index in [1.54, 1.807) is 0 Å². The molecule has 10 nitrogen and oxygen atoms in total. The first-order valence-corrected chi connectivity index (χ1v) is 13.7. The average molecular weight is 537 g/mol. The van der Waals surface area contributed by atoms with Crippen LogP contribution in [0, 0.1) is 0 Å². The van der Waals surface area contributed by atoms with E-state index in [1.165, 1.54) is 25.0 Å². The summed E-state index contributed by atoms with van der Waals surface area (Å²) in [6, 6.07) is 2.72. The number of unbranched alkanes of at least 4 members (excludes halogenated alkanes) is 10. The number of carboxylic acids is 2. The van der Waals surface area contributed by atoms with Gasteiger partial charge < -0.3 is 30.3 Å². The average Bonchev–Trinajstić information content (AvgIpc) is 2.89. The zero-order valence-corrected chi connectivity index (χ0v) is 22.8. The third kappa shape index (κ3) is 13.9. The van der Waals surface area contributed by atoms with Crippen LogP contribution in [-0.4, -0.2) is 60.3 Å². The van der Waals surface area contributed by atoms with E-state index in [0.717, 1.165) is 64.2 Å². The third-order valence-electron chi connectivity index (χ3n) is 5.88. The van der Waals surface area contributed by atoms with Gasteiger partial charge in [-0.25, -0.2) is 0 Å². The highest BCUT2D eigenvalue weighted by atomic mass is 16.5. The highest BCUT2D eigenvalue weighted by molar-refractivity contribution is 6.04. The van der Waals surface area contributed by atoms with E-state index >= 15 is 0 Å². The van der Waals surface area contributed by atoms with Crippen LogP contribution in [-0.2, 0) is 9.59 Å². The number of carbonyl (C=O) groups excluding carboxylic acids is 2. The number of ether oxygens (including phenoxy) is 2. The quantitative estimate of drug-likeness (QED) is 0.154. The minimum atomic E-state index is -1.22. The third-order valence-corrected chi connectivity index (χ3v) is 5.88. The normalized spacial score (nSPS) is 10.6.